The summed E-state index contributed by atoms with van der Waals surface area (Å²) in [6.07, 6.45) is 3.28. The third-order valence-corrected chi connectivity index (χ3v) is 2.70. The highest BCUT2D eigenvalue weighted by atomic mass is 16.2. The molecule has 1 aliphatic rings. The van der Waals surface area contributed by atoms with E-state index in [9.17, 15) is 9.59 Å². The van der Waals surface area contributed by atoms with Crippen LogP contribution < -0.4 is 10.6 Å². The smallest absolute Gasteiger partial charge is 0.251 e. The molecule has 0 bridgehead atoms. The van der Waals surface area contributed by atoms with Gasteiger partial charge in [-0.15, -0.1) is 0 Å². The summed E-state index contributed by atoms with van der Waals surface area (Å²) >= 11 is 0. The first-order valence-corrected chi connectivity index (χ1v) is 5.74. The molecule has 2 amide bonds. The van der Waals surface area contributed by atoms with E-state index in [1.54, 1.807) is 6.20 Å². The van der Waals surface area contributed by atoms with E-state index in [1.165, 1.54) is 13.2 Å². The maximum atomic E-state index is 11.7. The predicted molar refractivity (Wildman–Crippen MR) is 66.0 cm³/mol. The first-order chi connectivity index (χ1) is 8.61. The number of hydrogen-bond donors (Lipinski definition) is 2. The van der Waals surface area contributed by atoms with Gasteiger partial charge in [-0.3, -0.25) is 19.5 Å². The second-order valence-electron chi connectivity index (χ2n) is 4.01. The van der Waals surface area contributed by atoms with Crippen LogP contribution in [0.4, 0.5) is 11.6 Å². The van der Waals surface area contributed by atoms with Crippen LogP contribution in [0.15, 0.2) is 12.4 Å². The lowest BCUT2D eigenvalue weighted by Crippen LogP contribution is -2.32. The van der Waals surface area contributed by atoms with Gasteiger partial charge in [-0.05, 0) is 6.92 Å². The number of aromatic nitrogens is 2. The van der Waals surface area contributed by atoms with Crippen LogP contribution in [0.25, 0.3) is 0 Å². The number of amides is 2. The molecule has 96 valence electrons. The van der Waals surface area contributed by atoms with Crippen LogP contribution in [0.5, 0.6) is 0 Å². The molecular weight excluding hydrogens is 234 g/mol. The lowest BCUT2D eigenvalue weighted by Gasteiger charge is -2.12. The number of hydrogen-bond acceptors (Lipinski definition) is 6. The summed E-state index contributed by atoms with van der Waals surface area (Å²) < 4.78 is 0. The summed E-state index contributed by atoms with van der Waals surface area (Å²) in [5, 5.41) is 5.95. The number of nitrogens with one attached hydrogen (secondary N) is 2. The first-order valence-electron chi connectivity index (χ1n) is 5.74. The van der Waals surface area contributed by atoms with Crippen LogP contribution >= 0.6 is 0 Å². The maximum absolute atomic E-state index is 11.7. The fourth-order valence-electron chi connectivity index (χ4n) is 1.75. The molecule has 2 rings (SSSR count). The van der Waals surface area contributed by atoms with E-state index in [1.807, 2.05) is 6.92 Å². The molecule has 18 heavy (non-hydrogen) atoms. The summed E-state index contributed by atoms with van der Waals surface area (Å²) in [5.41, 5.74) is 0. The highest BCUT2D eigenvalue weighted by Crippen LogP contribution is 2.16. The molecule has 1 aliphatic heterocycles. The molecular formula is C11H15N5O2. The second kappa shape index (κ2) is 4.99. The van der Waals surface area contributed by atoms with Crippen molar-refractivity contribution < 1.29 is 9.59 Å². The second-order valence-corrected chi connectivity index (χ2v) is 4.01. The number of carbonyl (C=O) groups is 2. The molecule has 0 spiro atoms. The third kappa shape index (κ3) is 2.39. The quantitative estimate of drug-likeness (QED) is 0.735. The molecule has 1 aromatic rings. The highest BCUT2D eigenvalue weighted by molar-refractivity contribution is 6.06. The lowest BCUT2D eigenvalue weighted by molar-refractivity contribution is -0.136. The normalized spacial score (nSPS) is 19.2. The van der Waals surface area contributed by atoms with Gasteiger partial charge in [0.1, 0.15) is 17.7 Å². The Balaban J connectivity index is 2.08. The highest BCUT2D eigenvalue weighted by Gasteiger charge is 2.36. The van der Waals surface area contributed by atoms with Crippen LogP contribution in [-0.4, -0.2) is 46.3 Å². The minimum Gasteiger partial charge on any atom is -0.369 e. The Morgan fingerprint density at radius 1 is 1.39 bits per heavy atom. The molecule has 0 aromatic carbocycles. The zero-order valence-corrected chi connectivity index (χ0v) is 10.3. The summed E-state index contributed by atoms with van der Waals surface area (Å²) in [5.74, 6) is 0.687. The molecule has 1 aromatic heterocycles. The van der Waals surface area contributed by atoms with Gasteiger partial charge in [-0.1, -0.05) is 0 Å². The van der Waals surface area contributed by atoms with E-state index in [-0.39, 0.29) is 18.2 Å². The fraction of sp³-hybridized carbons (Fsp3) is 0.455. The van der Waals surface area contributed by atoms with Gasteiger partial charge in [0, 0.05) is 13.6 Å². The van der Waals surface area contributed by atoms with Crippen molar-refractivity contribution in [3.63, 3.8) is 0 Å². The molecule has 1 atom stereocenters. The molecule has 7 heteroatoms. The van der Waals surface area contributed by atoms with Gasteiger partial charge in [-0.25, -0.2) is 4.98 Å². The zero-order valence-electron chi connectivity index (χ0n) is 10.3. The van der Waals surface area contributed by atoms with E-state index in [0.29, 0.717) is 11.6 Å². The van der Waals surface area contributed by atoms with Crippen LogP contribution in [0.3, 0.4) is 0 Å². The molecule has 0 saturated carbocycles. The standard InChI is InChI=1S/C11H15N5O2/c1-3-13-8-5-12-6-9(15-8)14-7-4-10(17)16(2)11(7)18/h5-7H,3-4H2,1-2H3,(H2,13,14,15). The van der Waals surface area contributed by atoms with E-state index < -0.39 is 6.04 Å². The van der Waals surface area contributed by atoms with Crippen LogP contribution in [0.1, 0.15) is 13.3 Å². The van der Waals surface area contributed by atoms with E-state index >= 15 is 0 Å². The number of likely N-dealkylation sites (tertiary alicyclic amines) is 1. The molecule has 1 unspecified atom stereocenters. The van der Waals surface area contributed by atoms with Crippen molar-refractivity contribution in [2.45, 2.75) is 19.4 Å². The monoisotopic (exact) mass is 249 g/mol. The minimum absolute atomic E-state index is 0.155. The van der Waals surface area contributed by atoms with Crippen molar-refractivity contribution in [3.05, 3.63) is 12.4 Å². The van der Waals surface area contributed by atoms with E-state index in [4.69, 9.17) is 0 Å². The van der Waals surface area contributed by atoms with E-state index in [2.05, 4.69) is 20.6 Å². The van der Waals surface area contributed by atoms with Crippen molar-refractivity contribution in [1.82, 2.24) is 14.9 Å². The summed E-state index contributed by atoms with van der Waals surface area (Å²) in [6.45, 7) is 2.69. The molecule has 1 fully saturated rings. The van der Waals surface area contributed by atoms with Gasteiger partial charge in [0.25, 0.3) is 5.91 Å². The number of anilines is 2. The minimum atomic E-state index is -0.548. The Hall–Kier alpha value is -2.18. The average Bonchev–Trinajstić information content (AvgIpc) is 2.58. The van der Waals surface area contributed by atoms with Gasteiger partial charge in [0.15, 0.2) is 0 Å². The van der Waals surface area contributed by atoms with Crippen molar-refractivity contribution in [2.24, 2.45) is 0 Å². The van der Waals surface area contributed by atoms with Crippen LogP contribution in [-0.2, 0) is 9.59 Å². The van der Waals surface area contributed by atoms with Crippen LogP contribution in [0, 0.1) is 0 Å². The number of imide groups is 1. The first kappa shape index (κ1) is 12.3. The summed E-state index contributed by atoms with van der Waals surface area (Å²) in [4.78, 5) is 32.5. The molecule has 0 radical (unpaired) electrons. The van der Waals surface area contributed by atoms with Crippen molar-refractivity contribution in [2.75, 3.05) is 24.2 Å². The average molecular weight is 249 g/mol. The topological polar surface area (TPSA) is 87.2 Å². The molecule has 2 heterocycles. The zero-order chi connectivity index (χ0) is 13.1. The Morgan fingerprint density at radius 3 is 2.72 bits per heavy atom. The largest absolute Gasteiger partial charge is 0.369 e. The molecule has 2 N–H and O–H groups in total. The van der Waals surface area contributed by atoms with Crippen LogP contribution in [0.2, 0.25) is 0 Å². The Morgan fingerprint density at radius 2 is 2.11 bits per heavy atom. The lowest BCUT2D eigenvalue weighted by atomic mass is 10.2. The van der Waals surface area contributed by atoms with Crippen molar-refractivity contribution in [3.8, 4) is 0 Å². The van der Waals surface area contributed by atoms with Gasteiger partial charge < -0.3 is 10.6 Å². The predicted octanol–water partition coefficient (Wildman–Crippen LogP) is 0.0776. The number of nitrogens with zero attached hydrogens (tertiary/aromatic N) is 3. The van der Waals surface area contributed by atoms with Gasteiger partial charge in [0.2, 0.25) is 5.91 Å². The van der Waals surface area contributed by atoms with Crippen molar-refractivity contribution in [1.29, 1.82) is 0 Å². The number of rotatable bonds is 4. The van der Waals surface area contributed by atoms with Gasteiger partial charge in [-0.2, -0.15) is 0 Å². The molecule has 7 nitrogen and oxygen atoms in total. The van der Waals surface area contributed by atoms with E-state index in [0.717, 1.165) is 11.4 Å². The third-order valence-electron chi connectivity index (χ3n) is 2.70. The fourth-order valence-corrected chi connectivity index (χ4v) is 1.75. The number of likely N-dealkylation sites (N-methyl/N-ethyl adjacent to an activating group) is 1. The Labute approximate surface area is 105 Å². The summed E-state index contributed by atoms with van der Waals surface area (Å²) in [6, 6.07) is -0.548. The summed E-state index contributed by atoms with van der Waals surface area (Å²) in [7, 11) is 1.48. The van der Waals surface area contributed by atoms with Crippen molar-refractivity contribution >= 4 is 23.5 Å². The Bertz CT molecular complexity index is 476. The Kier molecular flexibility index (Phi) is 3.40. The molecule has 1 saturated heterocycles. The molecule has 0 aliphatic carbocycles. The maximum Gasteiger partial charge on any atom is 0.251 e. The number of carbonyl (C=O) groups excluding carboxylic acids is 2. The van der Waals surface area contributed by atoms with Gasteiger partial charge in [0.05, 0.1) is 18.8 Å². The SMILES string of the molecule is CCNc1cncc(NC2CC(=O)N(C)C2=O)n1. The van der Waals surface area contributed by atoms with Gasteiger partial charge >= 0.3 is 0 Å².